The summed E-state index contributed by atoms with van der Waals surface area (Å²) in [6, 6.07) is 20.0. The molecule has 0 atom stereocenters. The molecule has 0 aliphatic carbocycles. The van der Waals surface area contributed by atoms with Crippen LogP contribution in [0.15, 0.2) is 88.1 Å². The molecule has 1 fully saturated rings. The van der Waals surface area contributed by atoms with Crippen LogP contribution in [0, 0.1) is 0 Å². The number of thiazole rings is 1. The Bertz CT molecular complexity index is 1090. The molecule has 2 aromatic carbocycles. The molecule has 4 rings (SSSR count). The van der Waals surface area contributed by atoms with Gasteiger partial charge in [0.25, 0.3) is 5.91 Å². The lowest BCUT2D eigenvalue weighted by molar-refractivity contribution is -0.122. The first kappa shape index (κ1) is 19.4. The number of benzene rings is 2. The normalized spacial score (nSPS) is 17.1. The maximum atomic E-state index is 12.7. The zero-order valence-corrected chi connectivity index (χ0v) is 17.5. The lowest BCUT2D eigenvalue weighted by Gasteiger charge is -2.11. The molecule has 29 heavy (non-hydrogen) atoms. The van der Waals surface area contributed by atoms with E-state index in [2.05, 4.69) is 9.98 Å². The molecule has 3 aromatic rings. The van der Waals surface area contributed by atoms with Gasteiger partial charge in [-0.2, -0.15) is 4.99 Å². The third-order valence-corrected chi connectivity index (χ3v) is 6.05. The van der Waals surface area contributed by atoms with Crippen LogP contribution < -0.4 is 0 Å². The van der Waals surface area contributed by atoms with Crippen molar-refractivity contribution in [2.45, 2.75) is 6.92 Å². The van der Waals surface area contributed by atoms with Crippen LogP contribution in [-0.2, 0) is 4.79 Å². The van der Waals surface area contributed by atoms with E-state index < -0.39 is 0 Å². The second-order valence-electron chi connectivity index (χ2n) is 6.23. The van der Waals surface area contributed by atoms with Gasteiger partial charge in [0.2, 0.25) is 5.13 Å². The average Bonchev–Trinajstić information content (AvgIpc) is 3.34. The van der Waals surface area contributed by atoms with Gasteiger partial charge in [-0.3, -0.25) is 9.69 Å². The van der Waals surface area contributed by atoms with Crippen LogP contribution in [-0.4, -0.2) is 27.5 Å². The first-order valence-electron chi connectivity index (χ1n) is 9.27. The van der Waals surface area contributed by atoms with Gasteiger partial charge in [-0.1, -0.05) is 72.8 Å². The smallest absolute Gasteiger partial charge is 0.266 e. The molecule has 0 saturated carbocycles. The summed E-state index contributed by atoms with van der Waals surface area (Å²) in [6.45, 7) is 2.52. The molecule has 1 aliphatic heterocycles. The van der Waals surface area contributed by atoms with Gasteiger partial charge in [0.1, 0.15) is 0 Å². The van der Waals surface area contributed by atoms with Crippen LogP contribution in [0.2, 0.25) is 0 Å². The number of aliphatic imine (C=N–C) groups is 1. The molecule has 144 valence electrons. The summed E-state index contributed by atoms with van der Waals surface area (Å²) < 4.78 is 0. The van der Waals surface area contributed by atoms with E-state index in [1.54, 1.807) is 4.90 Å². The highest BCUT2D eigenvalue weighted by Crippen LogP contribution is 2.34. The van der Waals surface area contributed by atoms with Gasteiger partial charge < -0.3 is 0 Å². The standard InChI is InChI=1S/C23H19N3OS2/c1-2-26-21(27)20(15-9-12-17-10-5-3-6-11-17)29-23(26)25-22-24-19(16-28-22)18-13-7-4-8-14-18/h3-16H,2H2,1H3/b12-9+,20-15-,25-23+. The minimum absolute atomic E-state index is 0.0196. The van der Waals surface area contributed by atoms with Crippen LogP contribution in [0.25, 0.3) is 17.3 Å². The van der Waals surface area contributed by atoms with Crippen LogP contribution in [0.5, 0.6) is 0 Å². The molecule has 6 heteroatoms. The first-order valence-corrected chi connectivity index (χ1v) is 11.0. The Labute approximate surface area is 178 Å². The highest BCUT2D eigenvalue weighted by Gasteiger charge is 2.32. The summed E-state index contributed by atoms with van der Waals surface area (Å²) in [5.74, 6) is -0.0196. The predicted octanol–water partition coefficient (Wildman–Crippen LogP) is 5.99. The van der Waals surface area contributed by atoms with Crippen LogP contribution in [0.4, 0.5) is 5.13 Å². The number of amides is 1. The molecule has 0 radical (unpaired) electrons. The van der Waals surface area contributed by atoms with Crippen LogP contribution in [0.1, 0.15) is 12.5 Å². The van der Waals surface area contributed by atoms with Crippen molar-refractivity contribution < 1.29 is 4.79 Å². The number of aromatic nitrogens is 1. The van der Waals surface area contributed by atoms with Gasteiger partial charge in [0, 0.05) is 17.5 Å². The molecule has 0 N–H and O–H groups in total. The van der Waals surface area contributed by atoms with E-state index in [-0.39, 0.29) is 5.91 Å². The third-order valence-electron chi connectivity index (χ3n) is 4.29. The van der Waals surface area contributed by atoms with Gasteiger partial charge >= 0.3 is 0 Å². The number of nitrogens with zero attached hydrogens (tertiary/aromatic N) is 3. The van der Waals surface area contributed by atoms with E-state index in [0.717, 1.165) is 16.8 Å². The first-order chi connectivity index (χ1) is 14.2. The molecule has 4 nitrogen and oxygen atoms in total. The summed E-state index contributed by atoms with van der Waals surface area (Å²) in [4.78, 5) is 24.3. The maximum Gasteiger partial charge on any atom is 0.266 e. The van der Waals surface area contributed by atoms with Crippen LogP contribution in [0.3, 0.4) is 0 Å². The van der Waals surface area contributed by atoms with Gasteiger partial charge in [0.05, 0.1) is 10.6 Å². The Balaban J connectivity index is 1.55. The quantitative estimate of drug-likeness (QED) is 0.479. The summed E-state index contributed by atoms with van der Waals surface area (Å²) >= 11 is 2.87. The maximum absolute atomic E-state index is 12.7. The van der Waals surface area contributed by atoms with Gasteiger partial charge in [-0.25, -0.2) is 4.98 Å². The molecule has 1 aromatic heterocycles. The Morgan fingerprint density at radius 2 is 1.79 bits per heavy atom. The predicted molar refractivity (Wildman–Crippen MR) is 123 cm³/mol. The van der Waals surface area contributed by atoms with Crippen molar-refractivity contribution in [1.82, 2.24) is 9.88 Å². The van der Waals surface area contributed by atoms with E-state index in [9.17, 15) is 4.79 Å². The molecule has 2 heterocycles. The van der Waals surface area contributed by atoms with Crippen LogP contribution >= 0.6 is 23.1 Å². The summed E-state index contributed by atoms with van der Waals surface area (Å²) in [6.07, 6.45) is 5.74. The van der Waals surface area contributed by atoms with E-state index in [1.165, 1.54) is 23.1 Å². The monoisotopic (exact) mass is 417 g/mol. The molecule has 0 unspecified atom stereocenters. The average molecular weight is 418 g/mol. The molecule has 1 saturated heterocycles. The molecular weight excluding hydrogens is 398 g/mol. The number of carbonyl (C=O) groups is 1. The number of thioether (sulfide) groups is 1. The molecular formula is C23H19N3OS2. The SMILES string of the molecule is CCN1C(=O)/C(=C/C=C/c2ccccc2)S/C1=N/c1nc(-c2ccccc2)cs1. The van der Waals surface area contributed by atoms with Gasteiger partial charge in [-0.15, -0.1) is 11.3 Å². The Hall–Kier alpha value is -2.96. The van der Waals surface area contributed by atoms with Gasteiger partial charge in [-0.05, 0) is 30.3 Å². The summed E-state index contributed by atoms with van der Waals surface area (Å²) in [5, 5.41) is 3.32. The Morgan fingerprint density at radius 1 is 1.07 bits per heavy atom. The fourth-order valence-corrected chi connectivity index (χ4v) is 4.58. The van der Waals surface area contributed by atoms with Gasteiger partial charge in [0.15, 0.2) is 5.17 Å². The number of rotatable bonds is 5. The minimum Gasteiger partial charge on any atom is -0.287 e. The Morgan fingerprint density at radius 3 is 2.52 bits per heavy atom. The second-order valence-corrected chi connectivity index (χ2v) is 8.07. The number of amidine groups is 1. The lowest BCUT2D eigenvalue weighted by Crippen LogP contribution is -2.28. The molecule has 1 amide bonds. The fraction of sp³-hybridized carbons (Fsp3) is 0.0870. The zero-order valence-electron chi connectivity index (χ0n) is 15.9. The number of allylic oxidation sites excluding steroid dienone is 2. The number of likely N-dealkylation sites (N-methyl/N-ethyl adjacent to an activating group) is 1. The lowest BCUT2D eigenvalue weighted by atomic mass is 10.2. The van der Waals surface area contributed by atoms with E-state index in [4.69, 9.17) is 0 Å². The van der Waals surface area contributed by atoms with Crippen molar-refractivity contribution >= 4 is 45.4 Å². The topological polar surface area (TPSA) is 45.6 Å². The largest absolute Gasteiger partial charge is 0.287 e. The highest BCUT2D eigenvalue weighted by atomic mass is 32.2. The number of hydrogen-bond acceptors (Lipinski definition) is 5. The van der Waals surface area contributed by atoms with Crippen molar-refractivity contribution in [1.29, 1.82) is 0 Å². The highest BCUT2D eigenvalue weighted by molar-refractivity contribution is 8.18. The fourth-order valence-electron chi connectivity index (χ4n) is 2.83. The van der Waals surface area contributed by atoms with E-state index >= 15 is 0 Å². The van der Waals surface area contributed by atoms with Crippen molar-refractivity contribution in [3.05, 3.63) is 88.7 Å². The second kappa shape index (κ2) is 9.03. The van der Waals surface area contributed by atoms with Crippen molar-refractivity contribution in [3.63, 3.8) is 0 Å². The Kier molecular flexibility index (Phi) is 6.03. The summed E-state index contributed by atoms with van der Waals surface area (Å²) in [5.41, 5.74) is 3.05. The molecule has 1 aliphatic rings. The number of hydrogen-bond donors (Lipinski definition) is 0. The van der Waals surface area contributed by atoms with Crippen molar-refractivity contribution in [2.75, 3.05) is 6.54 Å². The third kappa shape index (κ3) is 4.55. The van der Waals surface area contributed by atoms with Crippen molar-refractivity contribution in [3.8, 4) is 11.3 Å². The molecule has 0 bridgehead atoms. The minimum atomic E-state index is -0.0196. The van der Waals surface area contributed by atoms with Crippen molar-refractivity contribution in [2.24, 2.45) is 4.99 Å². The summed E-state index contributed by atoms with van der Waals surface area (Å²) in [7, 11) is 0. The number of carbonyl (C=O) groups excluding carboxylic acids is 1. The van der Waals surface area contributed by atoms with E-state index in [0.29, 0.717) is 21.7 Å². The zero-order chi connectivity index (χ0) is 20.1. The van der Waals surface area contributed by atoms with E-state index in [1.807, 2.05) is 91.2 Å². The molecule has 0 spiro atoms.